The summed E-state index contributed by atoms with van der Waals surface area (Å²) in [4.78, 5) is 10.1. The molecular weight excluding hydrogens is 485 g/mol. The van der Waals surface area contributed by atoms with Crippen molar-refractivity contribution in [2.24, 2.45) is 0 Å². The van der Waals surface area contributed by atoms with Gasteiger partial charge < -0.3 is 5.11 Å². The quantitative estimate of drug-likeness (QED) is 0.361. The largest absolute Gasteiger partial charge is 0.481 e. The van der Waals surface area contributed by atoms with E-state index in [0.29, 0.717) is 6.42 Å². The predicted octanol–water partition coefficient (Wildman–Crippen LogP) is 3.59. The third kappa shape index (κ3) is 11.7. The van der Waals surface area contributed by atoms with E-state index in [1.54, 1.807) is 0 Å². The van der Waals surface area contributed by atoms with Crippen molar-refractivity contribution in [3.8, 4) is 0 Å². The average Bonchev–Trinajstić information content (AvgIpc) is 1.78. The van der Waals surface area contributed by atoms with Crippen LogP contribution in [0.25, 0.3) is 0 Å². The normalized spacial score (nSPS) is 11.5. The first-order chi connectivity index (χ1) is 4.92. The van der Waals surface area contributed by atoms with Crippen LogP contribution in [-0.2, 0) is 4.79 Å². The Morgan fingerprint density at radius 3 is 2.18 bits per heavy atom. The smallest absolute Gasteiger partial charge is 0.303 e. The first-order valence-corrected chi connectivity index (χ1v) is 6.44. The van der Waals surface area contributed by atoms with Crippen molar-refractivity contribution in [1.82, 2.24) is 0 Å². The molecule has 0 aliphatic carbocycles. The van der Waals surface area contributed by atoms with Gasteiger partial charge in [0.05, 0.1) is 0 Å². The van der Waals surface area contributed by atoms with Crippen molar-refractivity contribution in [3.63, 3.8) is 0 Å². The number of carbonyl (C=O) groups is 1. The number of alkyl halides is 3. The van der Waals surface area contributed by atoms with Crippen molar-refractivity contribution < 1.29 is 9.90 Å². The molecule has 0 saturated carbocycles. The summed E-state index contributed by atoms with van der Waals surface area (Å²) in [5.74, 6) is -0.689. The first kappa shape index (κ1) is 12.7. The van der Waals surface area contributed by atoms with Gasteiger partial charge in [0.25, 0.3) is 0 Å². The highest BCUT2D eigenvalue weighted by molar-refractivity contribution is 14.3. The molecule has 1 N–H and O–H groups in total. The molecule has 11 heavy (non-hydrogen) atoms. The second kappa shape index (κ2) is 6.17. The summed E-state index contributed by atoms with van der Waals surface area (Å²) in [7, 11) is 0. The molecule has 0 amide bonds. The maximum absolute atomic E-state index is 10.1. The van der Waals surface area contributed by atoms with Gasteiger partial charge in [-0.15, -0.1) is 0 Å². The highest BCUT2D eigenvalue weighted by Gasteiger charge is 2.15. The Morgan fingerprint density at radius 1 is 1.27 bits per heavy atom. The Hall–Kier alpha value is 1.66. The Labute approximate surface area is 107 Å². The molecule has 0 aromatic carbocycles. The lowest BCUT2D eigenvalue weighted by Gasteiger charge is -2.10. The van der Waals surface area contributed by atoms with Crippen molar-refractivity contribution in [2.75, 3.05) is 0 Å². The number of rotatable bonds is 5. The molecular formula is C6H9I3O2. The van der Waals surface area contributed by atoms with E-state index in [1.165, 1.54) is 0 Å². The van der Waals surface area contributed by atoms with E-state index in [4.69, 9.17) is 5.11 Å². The lowest BCUT2D eigenvalue weighted by molar-refractivity contribution is -0.137. The molecule has 0 spiro atoms. The van der Waals surface area contributed by atoms with Gasteiger partial charge in [0.1, 0.15) is -0.565 Å². The molecule has 0 bridgehead atoms. The van der Waals surface area contributed by atoms with Gasteiger partial charge in [0.15, 0.2) is 0 Å². The van der Waals surface area contributed by atoms with E-state index in [-0.39, 0.29) is -0.565 Å². The van der Waals surface area contributed by atoms with E-state index in [1.807, 2.05) is 0 Å². The lowest BCUT2D eigenvalue weighted by Crippen LogP contribution is -1.99. The first-order valence-electron chi connectivity index (χ1n) is 3.20. The van der Waals surface area contributed by atoms with Gasteiger partial charge in [-0.05, 0) is 19.3 Å². The molecule has 0 aliphatic rings. The van der Waals surface area contributed by atoms with Gasteiger partial charge >= 0.3 is 5.97 Å². The van der Waals surface area contributed by atoms with Gasteiger partial charge in [0.2, 0.25) is 0 Å². The van der Waals surface area contributed by atoms with Gasteiger partial charge in [-0.3, -0.25) is 4.79 Å². The number of hydrogen-bond acceptors (Lipinski definition) is 1. The summed E-state index contributed by atoms with van der Waals surface area (Å²) >= 11 is 7.08. The van der Waals surface area contributed by atoms with Crippen LogP contribution in [0.15, 0.2) is 0 Å². The van der Waals surface area contributed by atoms with Crippen LogP contribution in [0, 0.1) is 0 Å². The molecule has 0 rings (SSSR count). The molecule has 0 aromatic rings. The zero-order chi connectivity index (χ0) is 8.91. The molecule has 0 radical (unpaired) electrons. The lowest BCUT2D eigenvalue weighted by atomic mass is 10.2. The van der Waals surface area contributed by atoms with Crippen LogP contribution in [0.4, 0.5) is 0 Å². The van der Waals surface area contributed by atoms with Crippen LogP contribution in [0.2, 0.25) is 0 Å². The molecule has 0 fully saturated rings. The van der Waals surface area contributed by atoms with Crippen LogP contribution >= 0.6 is 67.8 Å². The zero-order valence-corrected chi connectivity index (χ0v) is 12.3. The fourth-order valence-corrected chi connectivity index (χ4v) is 1.75. The van der Waals surface area contributed by atoms with Gasteiger partial charge in [0, 0.05) is 6.42 Å². The molecule has 0 aliphatic heterocycles. The molecule has 2 nitrogen and oxygen atoms in total. The van der Waals surface area contributed by atoms with Crippen molar-refractivity contribution in [3.05, 3.63) is 0 Å². The van der Waals surface area contributed by atoms with Crippen LogP contribution in [-0.4, -0.2) is 10.5 Å². The number of unbranched alkanes of at least 4 members (excludes halogenated alkanes) is 1. The Balaban J connectivity index is 3.22. The van der Waals surface area contributed by atoms with Gasteiger partial charge in [-0.1, -0.05) is 67.8 Å². The highest BCUT2D eigenvalue weighted by Crippen LogP contribution is 2.40. The summed E-state index contributed by atoms with van der Waals surface area (Å²) < 4.78 is 0.256. The minimum absolute atomic E-state index is 0.256. The summed E-state index contributed by atoms with van der Waals surface area (Å²) in [5.41, 5.74) is 0. The average molecular weight is 494 g/mol. The molecule has 0 heterocycles. The Bertz CT molecular complexity index is 130. The Morgan fingerprint density at radius 2 is 1.82 bits per heavy atom. The number of carboxylic acid groups (broad SMARTS) is 1. The highest BCUT2D eigenvalue weighted by atomic mass is 127. The van der Waals surface area contributed by atoms with E-state index in [9.17, 15) is 4.79 Å². The third-order valence-corrected chi connectivity index (χ3v) is 2.72. The monoisotopic (exact) mass is 494 g/mol. The molecule has 5 heteroatoms. The maximum Gasteiger partial charge on any atom is 0.303 e. The minimum atomic E-state index is -0.689. The Kier molecular flexibility index (Phi) is 7.10. The van der Waals surface area contributed by atoms with E-state index in [0.717, 1.165) is 19.3 Å². The molecule has 0 unspecified atom stereocenters. The second-order valence-electron chi connectivity index (χ2n) is 2.22. The molecule has 0 saturated heterocycles. The van der Waals surface area contributed by atoms with E-state index in [2.05, 4.69) is 67.8 Å². The van der Waals surface area contributed by atoms with Crippen LogP contribution < -0.4 is 0 Å². The molecule has 0 atom stereocenters. The van der Waals surface area contributed by atoms with Crippen LogP contribution in [0.3, 0.4) is 0 Å². The van der Waals surface area contributed by atoms with Gasteiger partial charge in [-0.25, -0.2) is 0 Å². The third-order valence-electron chi connectivity index (χ3n) is 1.10. The number of hydrogen-bond donors (Lipinski definition) is 1. The fourth-order valence-electron chi connectivity index (χ4n) is 0.602. The number of halogens is 3. The number of aliphatic carboxylic acids is 1. The predicted molar refractivity (Wildman–Crippen MR) is 70.9 cm³/mol. The summed E-state index contributed by atoms with van der Waals surface area (Å²) in [6, 6.07) is 0. The zero-order valence-electron chi connectivity index (χ0n) is 5.82. The minimum Gasteiger partial charge on any atom is -0.481 e. The summed E-state index contributed by atoms with van der Waals surface area (Å²) in [5, 5.41) is 8.34. The SMILES string of the molecule is O=C(O)CCCCC(I)(I)I. The summed E-state index contributed by atoms with van der Waals surface area (Å²) in [6.07, 6.45) is 3.18. The van der Waals surface area contributed by atoms with Gasteiger partial charge in [-0.2, -0.15) is 0 Å². The topological polar surface area (TPSA) is 37.3 Å². The van der Waals surface area contributed by atoms with Crippen LogP contribution in [0.1, 0.15) is 25.7 Å². The molecule has 0 aromatic heterocycles. The fraction of sp³-hybridized carbons (Fsp3) is 0.833. The van der Waals surface area contributed by atoms with Crippen molar-refractivity contribution >= 4 is 73.7 Å². The number of carboxylic acids is 1. The second-order valence-corrected chi connectivity index (χ2v) is 13.9. The van der Waals surface area contributed by atoms with E-state index < -0.39 is 5.97 Å². The maximum atomic E-state index is 10.1. The van der Waals surface area contributed by atoms with Crippen LogP contribution in [0.5, 0.6) is 0 Å². The van der Waals surface area contributed by atoms with Crippen molar-refractivity contribution in [2.45, 2.75) is 25.1 Å². The summed E-state index contributed by atoms with van der Waals surface area (Å²) in [6.45, 7) is 0. The molecule has 66 valence electrons. The van der Waals surface area contributed by atoms with E-state index >= 15 is 0 Å². The standard InChI is InChI=1S/C6H9I3O2/c7-6(8,9)4-2-1-3-5(10)11/h1-4H2,(H,10,11). The van der Waals surface area contributed by atoms with Crippen molar-refractivity contribution in [1.29, 1.82) is 0 Å².